The molecule has 2 fully saturated rings. The summed E-state index contributed by atoms with van der Waals surface area (Å²) in [5.74, 6) is 1.38. The number of hydrogen-bond acceptors (Lipinski definition) is 3. The highest BCUT2D eigenvalue weighted by Gasteiger charge is 2.31. The molecule has 19 heavy (non-hydrogen) atoms. The zero-order valence-corrected chi connectivity index (χ0v) is 12.3. The molecule has 0 aromatic heterocycles. The molecular formula is C15H28N2O2. The number of likely N-dealkylation sites (tertiary alicyclic amines) is 1. The molecule has 2 atom stereocenters. The van der Waals surface area contributed by atoms with Crippen LogP contribution in [-0.2, 0) is 4.79 Å². The van der Waals surface area contributed by atoms with Gasteiger partial charge in [0.2, 0.25) is 5.91 Å². The van der Waals surface area contributed by atoms with E-state index < -0.39 is 5.60 Å². The van der Waals surface area contributed by atoms with Gasteiger partial charge in [-0.2, -0.15) is 0 Å². The van der Waals surface area contributed by atoms with E-state index in [0.717, 1.165) is 13.1 Å². The van der Waals surface area contributed by atoms with Crippen LogP contribution in [0.15, 0.2) is 0 Å². The molecule has 0 bridgehead atoms. The number of hydrogen-bond donors (Lipinski definition) is 2. The zero-order valence-electron chi connectivity index (χ0n) is 12.3. The van der Waals surface area contributed by atoms with Crippen LogP contribution in [0, 0.1) is 11.8 Å². The average Bonchev–Trinajstić information content (AvgIpc) is 2.39. The number of amides is 1. The number of aliphatic hydroxyl groups is 1. The molecule has 0 aromatic carbocycles. The van der Waals surface area contributed by atoms with Crippen LogP contribution in [0.3, 0.4) is 0 Å². The van der Waals surface area contributed by atoms with Crippen molar-refractivity contribution < 1.29 is 9.90 Å². The predicted molar refractivity (Wildman–Crippen MR) is 75.8 cm³/mol. The van der Waals surface area contributed by atoms with Crippen molar-refractivity contribution >= 4 is 5.91 Å². The van der Waals surface area contributed by atoms with Gasteiger partial charge in [-0.1, -0.05) is 6.92 Å². The van der Waals surface area contributed by atoms with E-state index in [9.17, 15) is 9.90 Å². The average molecular weight is 268 g/mol. The summed E-state index contributed by atoms with van der Waals surface area (Å²) >= 11 is 0. The first kappa shape index (κ1) is 14.8. The third-order valence-electron chi connectivity index (χ3n) is 4.83. The molecular weight excluding hydrogens is 240 g/mol. The summed E-state index contributed by atoms with van der Waals surface area (Å²) in [7, 11) is 0. The molecule has 0 aromatic rings. The Balaban J connectivity index is 1.77. The lowest BCUT2D eigenvalue weighted by atomic mass is 9.85. The van der Waals surface area contributed by atoms with Crippen molar-refractivity contribution in [3.63, 3.8) is 0 Å². The minimum Gasteiger partial charge on any atom is -0.390 e. The molecule has 4 nitrogen and oxygen atoms in total. The quantitative estimate of drug-likeness (QED) is 0.813. The number of piperidine rings is 2. The first-order chi connectivity index (χ1) is 8.98. The van der Waals surface area contributed by atoms with Gasteiger partial charge in [-0.15, -0.1) is 0 Å². The minimum atomic E-state index is -0.574. The zero-order chi connectivity index (χ0) is 13.9. The third-order valence-corrected chi connectivity index (χ3v) is 4.83. The number of nitrogens with zero attached hydrogens (tertiary/aromatic N) is 1. The maximum absolute atomic E-state index is 12.3. The van der Waals surface area contributed by atoms with Crippen molar-refractivity contribution in [2.24, 2.45) is 11.8 Å². The van der Waals surface area contributed by atoms with Gasteiger partial charge in [-0.25, -0.2) is 0 Å². The van der Waals surface area contributed by atoms with E-state index in [-0.39, 0.29) is 5.91 Å². The summed E-state index contributed by atoms with van der Waals surface area (Å²) in [6.45, 7) is 7.67. The Labute approximate surface area is 116 Å². The van der Waals surface area contributed by atoms with E-state index >= 15 is 0 Å². The van der Waals surface area contributed by atoms with Gasteiger partial charge < -0.3 is 15.3 Å². The van der Waals surface area contributed by atoms with Crippen LogP contribution in [0.2, 0.25) is 0 Å². The standard InChI is InChI=1S/C15H28N2O2/c1-12(13-4-3-7-16-11-13)10-14(18)17-8-5-15(2,19)6-9-17/h12-13,16,19H,3-11H2,1-2H3. The van der Waals surface area contributed by atoms with Crippen LogP contribution < -0.4 is 5.32 Å². The van der Waals surface area contributed by atoms with Gasteiger partial charge >= 0.3 is 0 Å². The number of carbonyl (C=O) groups is 1. The number of rotatable bonds is 3. The predicted octanol–water partition coefficient (Wildman–Crippen LogP) is 1.39. The fourth-order valence-electron chi connectivity index (χ4n) is 3.17. The van der Waals surface area contributed by atoms with Crippen LogP contribution in [0.4, 0.5) is 0 Å². The fraction of sp³-hybridized carbons (Fsp3) is 0.933. The van der Waals surface area contributed by atoms with Gasteiger partial charge in [0, 0.05) is 19.5 Å². The summed E-state index contributed by atoms with van der Waals surface area (Å²) < 4.78 is 0. The molecule has 1 amide bonds. The Morgan fingerprint density at radius 1 is 1.47 bits per heavy atom. The fourth-order valence-corrected chi connectivity index (χ4v) is 3.17. The first-order valence-corrected chi connectivity index (χ1v) is 7.69. The maximum atomic E-state index is 12.3. The summed E-state index contributed by atoms with van der Waals surface area (Å²) in [5.41, 5.74) is -0.574. The van der Waals surface area contributed by atoms with Crippen LogP contribution in [0.25, 0.3) is 0 Å². The van der Waals surface area contributed by atoms with E-state index in [1.165, 1.54) is 12.8 Å². The lowest BCUT2D eigenvalue weighted by Gasteiger charge is -2.37. The summed E-state index contributed by atoms with van der Waals surface area (Å²) in [6, 6.07) is 0. The highest BCUT2D eigenvalue weighted by Crippen LogP contribution is 2.25. The number of nitrogens with one attached hydrogen (secondary N) is 1. The Morgan fingerprint density at radius 2 is 2.16 bits per heavy atom. The second-order valence-electron chi connectivity index (χ2n) is 6.67. The Morgan fingerprint density at radius 3 is 2.74 bits per heavy atom. The lowest BCUT2D eigenvalue weighted by molar-refractivity contribution is -0.136. The monoisotopic (exact) mass is 268 g/mol. The molecule has 2 aliphatic rings. The molecule has 4 heteroatoms. The molecule has 2 aliphatic heterocycles. The van der Waals surface area contributed by atoms with Gasteiger partial charge in [0.15, 0.2) is 0 Å². The van der Waals surface area contributed by atoms with Gasteiger partial charge in [-0.3, -0.25) is 4.79 Å². The van der Waals surface area contributed by atoms with Gasteiger partial charge in [0.1, 0.15) is 0 Å². The second kappa shape index (κ2) is 6.23. The number of carbonyl (C=O) groups excluding carboxylic acids is 1. The molecule has 0 aliphatic carbocycles. The second-order valence-corrected chi connectivity index (χ2v) is 6.67. The Kier molecular flexibility index (Phi) is 4.85. The highest BCUT2D eigenvalue weighted by atomic mass is 16.3. The topological polar surface area (TPSA) is 52.6 Å². The van der Waals surface area contributed by atoms with E-state index in [2.05, 4.69) is 12.2 Å². The molecule has 2 unspecified atom stereocenters. The van der Waals surface area contributed by atoms with Crippen molar-refractivity contribution in [1.82, 2.24) is 10.2 Å². The van der Waals surface area contributed by atoms with E-state index in [0.29, 0.717) is 44.2 Å². The first-order valence-electron chi connectivity index (χ1n) is 7.69. The van der Waals surface area contributed by atoms with Gasteiger partial charge in [0.25, 0.3) is 0 Å². The van der Waals surface area contributed by atoms with Crippen LogP contribution in [0.5, 0.6) is 0 Å². The molecule has 0 spiro atoms. The van der Waals surface area contributed by atoms with Crippen molar-refractivity contribution in [2.45, 2.75) is 51.6 Å². The SMILES string of the molecule is CC(CC(=O)N1CCC(C)(O)CC1)C1CCCNC1. The summed E-state index contributed by atoms with van der Waals surface area (Å²) in [5, 5.41) is 13.3. The van der Waals surface area contributed by atoms with E-state index in [1.807, 2.05) is 11.8 Å². The smallest absolute Gasteiger partial charge is 0.222 e. The summed E-state index contributed by atoms with van der Waals surface area (Å²) in [6.07, 6.45) is 4.55. The van der Waals surface area contributed by atoms with Crippen LogP contribution in [0.1, 0.15) is 46.0 Å². The Hall–Kier alpha value is -0.610. The molecule has 0 radical (unpaired) electrons. The largest absolute Gasteiger partial charge is 0.390 e. The van der Waals surface area contributed by atoms with Crippen molar-refractivity contribution in [2.75, 3.05) is 26.2 Å². The molecule has 110 valence electrons. The van der Waals surface area contributed by atoms with E-state index in [4.69, 9.17) is 0 Å². The molecule has 2 saturated heterocycles. The van der Waals surface area contributed by atoms with Crippen molar-refractivity contribution in [3.05, 3.63) is 0 Å². The molecule has 2 heterocycles. The normalized spacial score (nSPS) is 29.0. The molecule has 0 saturated carbocycles. The highest BCUT2D eigenvalue weighted by molar-refractivity contribution is 5.76. The lowest BCUT2D eigenvalue weighted by Crippen LogP contribution is -2.46. The maximum Gasteiger partial charge on any atom is 0.222 e. The van der Waals surface area contributed by atoms with Crippen LogP contribution in [-0.4, -0.2) is 47.7 Å². The van der Waals surface area contributed by atoms with Gasteiger partial charge in [-0.05, 0) is 57.5 Å². The third kappa shape index (κ3) is 4.18. The van der Waals surface area contributed by atoms with Gasteiger partial charge in [0.05, 0.1) is 5.60 Å². The molecule has 2 N–H and O–H groups in total. The van der Waals surface area contributed by atoms with E-state index in [1.54, 1.807) is 0 Å². The minimum absolute atomic E-state index is 0.272. The van der Waals surface area contributed by atoms with Crippen LogP contribution >= 0.6 is 0 Å². The molecule has 2 rings (SSSR count). The summed E-state index contributed by atoms with van der Waals surface area (Å²) in [4.78, 5) is 14.2. The Bertz CT molecular complexity index is 301. The van der Waals surface area contributed by atoms with Crippen molar-refractivity contribution in [3.8, 4) is 0 Å². The van der Waals surface area contributed by atoms with Crippen molar-refractivity contribution in [1.29, 1.82) is 0 Å².